The highest BCUT2D eigenvalue weighted by Gasteiger charge is 2.51. The van der Waals surface area contributed by atoms with E-state index in [1.807, 2.05) is 7.05 Å². The predicted octanol–water partition coefficient (Wildman–Crippen LogP) is 2.76. The molecule has 4 aliphatic carbocycles. The van der Waals surface area contributed by atoms with Gasteiger partial charge in [-0.2, -0.15) is 0 Å². The lowest BCUT2D eigenvalue weighted by atomic mass is 9.53. The molecule has 4 aliphatic rings. The molecule has 3 amide bonds. The van der Waals surface area contributed by atoms with Gasteiger partial charge in [-0.15, -0.1) is 0 Å². The summed E-state index contributed by atoms with van der Waals surface area (Å²) in [6.45, 7) is 5.37. The summed E-state index contributed by atoms with van der Waals surface area (Å²) in [6, 6.07) is -0.0868. The van der Waals surface area contributed by atoms with E-state index in [2.05, 4.69) is 24.5 Å². The molecular formula is C19H33N3O2. The van der Waals surface area contributed by atoms with Crippen molar-refractivity contribution in [3.05, 3.63) is 0 Å². The van der Waals surface area contributed by atoms with Crippen LogP contribution in [-0.4, -0.2) is 42.5 Å². The lowest BCUT2D eigenvalue weighted by Crippen LogP contribution is -2.61. The average molecular weight is 335 g/mol. The summed E-state index contributed by atoms with van der Waals surface area (Å²) in [4.78, 5) is 26.1. The van der Waals surface area contributed by atoms with Gasteiger partial charge in [-0.1, -0.05) is 13.8 Å². The van der Waals surface area contributed by atoms with Gasteiger partial charge in [-0.3, -0.25) is 4.79 Å². The standard InChI is InChI=1S/C19H33N3O2/c1-13(2)12-22(3)17(23)4-5-20-18(24)21-19-9-14-6-15(10-19)8-16(7-14)11-19/h13-16H,4-12H2,1-3H3,(H2,20,21,24). The topological polar surface area (TPSA) is 61.4 Å². The van der Waals surface area contributed by atoms with Gasteiger partial charge in [-0.25, -0.2) is 4.79 Å². The van der Waals surface area contributed by atoms with Crippen LogP contribution in [0.25, 0.3) is 0 Å². The summed E-state index contributed by atoms with van der Waals surface area (Å²) in [6.07, 6.45) is 7.96. The van der Waals surface area contributed by atoms with E-state index in [1.54, 1.807) is 4.90 Å². The summed E-state index contributed by atoms with van der Waals surface area (Å²) >= 11 is 0. The molecule has 0 spiro atoms. The highest BCUT2D eigenvalue weighted by Crippen LogP contribution is 2.55. The number of nitrogens with zero attached hydrogens (tertiary/aromatic N) is 1. The molecule has 136 valence electrons. The van der Waals surface area contributed by atoms with Crippen LogP contribution in [0, 0.1) is 23.7 Å². The van der Waals surface area contributed by atoms with E-state index in [0.717, 1.165) is 43.6 Å². The molecule has 0 aromatic heterocycles. The molecule has 0 saturated heterocycles. The van der Waals surface area contributed by atoms with Crippen LogP contribution in [-0.2, 0) is 4.79 Å². The van der Waals surface area contributed by atoms with Crippen LogP contribution in [0.1, 0.15) is 58.8 Å². The summed E-state index contributed by atoms with van der Waals surface area (Å²) in [5, 5.41) is 6.18. The van der Waals surface area contributed by atoms with Crippen molar-refractivity contribution in [1.82, 2.24) is 15.5 Å². The molecule has 0 unspecified atom stereocenters. The number of hydrogen-bond donors (Lipinski definition) is 2. The van der Waals surface area contributed by atoms with Crippen molar-refractivity contribution in [2.75, 3.05) is 20.1 Å². The fraction of sp³-hybridized carbons (Fsp3) is 0.895. The van der Waals surface area contributed by atoms with Crippen LogP contribution < -0.4 is 10.6 Å². The van der Waals surface area contributed by atoms with Gasteiger partial charge in [0.15, 0.2) is 0 Å². The highest BCUT2D eigenvalue weighted by atomic mass is 16.2. The first kappa shape index (κ1) is 17.6. The number of amides is 3. The van der Waals surface area contributed by atoms with E-state index in [0.29, 0.717) is 18.9 Å². The summed E-state index contributed by atoms with van der Waals surface area (Å²) in [5.41, 5.74) is 0.0390. The fourth-order valence-electron chi connectivity index (χ4n) is 5.67. The van der Waals surface area contributed by atoms with Crippen molar-refractivity contribution in [3.63, 3.8) is 0 Å². The molecule has 4 bridgehead atoms. The van der Waals surface area contributed by atoms with Crippen molar-refractivity contribution >= 4 is 11.9 Å². The minimum Gasteiger partial charge on any atom is -0.345 e. The number of nitrogens with one attached hydrogen (secondary N) is 2. The van der Waals surface area contributed by atoms with Crippen molar-refractivity contribution in [2.45, 2.75) is 64.3 Å². The average Bonchev–Trinajstić information content (AvgIpc) is 2.44. The normalized spacial score (nSPS) is 33.6. The zero-order chi connectivity index (χ0) is 17.3. The van der Waals surface area contributed by atoms with Crippen molar-refractivity contribution in [1.29, 1.82) is 0 Å². The van der Waals surface area contributed by atoms with Crippen LogP contribution in [0.5, 0.6) is 0 Å². The maximum Gasteiger partial charge on any atom is 0.315 e. The van der Waals surface area contributed by atoms with E-state index in [1.165, 1.54) is 19.3 Å². The Morgan fingerprint density at radius 1 is 1.08 bits per heavy atom. The summed E-state index contributed by atoms with van der Waals surface area (Å²) < 4.78 is 0. The quantitative estimate of drug-likeness (QED) is 0.784. The predicted molar refractivity (Wildman–Crippen MR) is 94.5 cm³/mol. The molecular weight excluding hydrogens is 302 g/mol. The van der Waals surface area contributed by atoms with E-state index >= 15 is 0 Å². The third-order valence-electron chi connectivity index (χ3n) is 6.11. The second kappa shape index (κ2) is 6.93. The third kappa shape index (κ3) is 4.04. The van der Waals surface area contributed by atoms with Gasteiger partial charge >= 0.3 is 6.03 Å². The first-order valence-electron chi connectivity index (χ1n) is 9.65. The molecule has 2 N–H and O–H groups in total. The Bertz CT molecular complexity index is 454. The maximum absolute atomic E-state index is 12.3. The highest BCUT2D eigenvalue weighted by molar-refractivity contribution is 5.78. The Hall–Kier alpha value is -1.26. The van der Waals surface area contributed by atoms with Crippen LogP contribution in [0.3, 0.4) is 0 Å². The van der Waals surface area contributed by atoms with E-state index in [9.17, 15) is 9.59 Å². The lowest BCUT2D eigenvalue weighted by Gasteiger charge is -2.56. The van der Waals surface area contributed by atoms with E-state index in [-0.39, 0.29) is 17.5 Å². The smallest absolute Gasteiger partial charge is 0.315 e. The zero-order valence-electron chi connectivity index (χ0n) is 15.4. The summed E-state index contributed by atoms with van der Waals surface area (Å²) in [5.74, 6) is 3.03. The Morgan fingerprint density at radius 2 is 1.62 bits per heavy atom. The minimum absolute atomic E-state index is 0.0390. The Kier molecular flexibility index (Phi) is 5.07. The second-order valence-electron chi connectivity index (χ2n) is 9.00. The first-order chi connectivity index (χ1) is 11.3. The van der Waals surface area contributed by atoms with Gasteiger partial charge in [0.05, 0.1) is 0 Å². The molecule has 0 heterocycles. The van der Waals surface area contributed by atoms with Crippen LogP contribution >= 0.6 is 0 Å². The van der Waals surface area contributed by atoms with Gasteiger partial charge in [0.1, 0.15) is 0 Å². The molecule has 5 heteroatoms. The molecule has 4 rings (SSSR count). The van der Waals surface area contributed by atoms with Crippen molar-refractivity contribution in [3.8, 4) is 0 Å². The SMILES string of the molecule is CC(C)CN(C)C(=O)CCNC(=O)NC12CC3CC(CC(C3)C1)C2. The molecule has 0 atom stereocenters. The van der Waals surface area contributed by atoms with E-state index < -0.39 is 0 Å². The van der Waals surface area contributed by atoms with Crippen molar-refractivity contribution in [2.24, 2.45) is 23.7 Å². The van der Waals surface area contributed by atoms with Gasteiger partial charge in [0, 0.05) is 32.1 Å². The minimum atomic E-state index is -0.0868. The van der Waals surface area contributed by atoms with Gasteiger partial charge in [0.25, 0.3) is 0 Å². The molecule has 0 aromatic carbocycles. The molecule has 5 nitrogen and oxygen atoms in total. The number of carbonyl (C=O) groups excluding carboxylic acids is 2. The molecule has 24 heavy (non-hydrogen) atoms. The van der Waals surface area contributed by atoms with Crippen molar-refractivity contribution < 1.29 is 9.59 Å². The lowest BCUT2D eigenvalue weighted by molar-refractivity contribution is -0.130. The van der Waals surface area contributed by atoms with Crippen LogP contribution in [0.15, 0.2) is 0 Å². The van der Waals surface area contributed by atoms with Gasteiger partial charge in [-0.05, 0) is 62.2 Å². The zero-order valence-corrected chi connectivity index (χ0v) is 15.4. The monoisotopic (exact) mass is 335 g/mol. The number of hydrogen-bond acceptors (Lipinski definition) is 2. The van der Waals surface area contributed by atoms with Gasteiger partial charge in [0.2, 0.25) is 5.91 Å². The maximum atomic E-state index is 12.3. The summed E-state index contributed by atoms with van der Waals surface area (Å²) in [7, 11) is 1.83. The molecule has 0 aromatic rings. The fourth-order valence-corrected chi connectivity index (χ4v) is 5.67. The Morgan fingerprint density at radius 3 is 2.12 bits per heavy atom. The van der Waals surface area contributed by atoms with Gasteiger partial charge < -0.3 is 15.5 Å². The van der Waals surface area contributed by atoms with Crippen LogP contribution in [0.2, 0.25) is 0 Å². The third-order valence-corrected chi connectivity index (χ3v) is 6.11. The largest absolute Gasteiger partial charge is 0.345 e. The Labute approximate surface area is 145 Å². The Balaban J connectivity index is 1.41. The number of urea groups is 1. The molecule has 4 saturated carbocycles. The number of rotatable bonds is 6. The van der Waals surface area contributed by atoms with Crippen LogP contribution in [0.4, 0.5) is 4.79 Å². The first-order valence-corrected chi connectivity index (χ1v) is 9.65. The second-order valence-corrected chi connectivity index (χ2v) is 9.00. The molecule has 0 radical (unpaired) electrons. The van der Waals surface area contributed by atoms with E-state index in [4.69, 9.17) is 0 Å². The molecule has 0 aliphatic heterocycles. The molecule has 4 fully saturated rings. The number of carbonyl (C=O) groups is 2.